The molecule has 2 unspecified atom stereocenters. The molecule has 0 bridgehead atoms. The lowest BCUT2D eigenvalue weighted by Crippen LogP contribution is -2.21. The van der Waals surface area contributed by atoms with Crippen LogP contribution in [0.5, 0.6) is 11.5 Å². The highest BCUT2D eigenvalue weighted by molar-refractivity contribution is 5.42. The van der Waals surface area contributed by atoms with E-state index in [0.717, 1.165) is 12.0 Å². The molecule has 2 atom stereocenters. The van der Waals surface area contributed by atoms with Gasteiger partial charge in [0.25, 0.3) is 0 Å². The average Bonchev–Trinajstić information content (AvgIpc) is 2.53. The van der Waals surface area contributed by atoms with Gasteiger partial charge in [-0.25, -0.2) is 0 Å². The van der Waals surface area contributed by atoms with Crippen LogP contribution in [0, 0.1) is 0 Å². The van der Waals surface area contributed by atoms with Crippen LogP contribution < -0.4 is 4.74 Å². The fourth-order valence-electron chi connectivity index (χ4n) is 2.80. The molecule has 3 heteroatoms. The summed E-state index contributed by atoms with van der Waals surface area (Å²) in [5, 5.41) is 9.78. The van der Waals surface area contributed by atoms with Crippen molar-refractivity contribution in [1.29, 1.82) is 0 Å². The fraction of sp³-hybridized carbons (Fsp3) is 0.368. The molecule has 1 N–H and O–H groups in total. The van der Waals surface area contributed by atoms with E-state index < -0.39 is 0 Å². The topological polar surface area (TPSA) is 32.7 Å². The van der Waals surface area contributed by atoms with Crippen LogP contribution in [0.1, 0.15) is 36.4 Å². The molecule has 0 aliphatic rings. The van der Waals surface area contributed by atoms with Gasteiger partial charge in [0, 0.05) is 6.04 Å². The lowest BCUT2D eigenvalue weighted by Gasteiger charge is -2.28. The number of rotatable bonds is 6. The van der Waals surface area contributed by atoms with Crippen molar-refractivity contribution in [2.75, 3.05) is 21.2 Å². The van der Waals surface area contributed by atoms with Gasteiger partial charge in [0.1, 0.15) is 0 Å². The second-order valence-corrected chi connectivity index (χ2v) is 5.96. The third-order valence-corrected chi connectivity index (χ3v) is 4.16. The number of phenolic OH excluding ortho intramolecular Hbond substituents is 1. The van der Waals surface area contributed by atoms with E-state index in [1.807, 2.05) is 18.2 Å². The Morgan fingerprint density at radius 2 is 1.73 bits per heavy atom. The zero-order valence-corrected chi connectivity index (χ0v) is 13.8. The number of phenols is 1. The minimum atomic E-state index is 0.180. The van der Waals surface area contributed by atoms with Gasteiger partial charge in [-0.05, 0) is 49.7 Å². The third-order valence-electron chi connectivity index (χ3n) is 4.16. The Morgan fingerprint density at radius 3 is 2.32 bits per heavy atom. The van der Waals surface area contributed by atoms with Crippen molar-refractivity contribution in [1.82, 2.24) is 4.90 Å². The number of aromatic hydroxyl groups is 1. The van der Waals surface area contributed by atoms with Gasteiger partial charge in [0.15, 0.2) is 11.5 Å². The van der Waals surface area contributed by atoms with Gasteiger partial charge < -0.3 is 14.7 Å². The van der Waals surface area contributed by atoms with Crippen LogP contribution in [0.2, 0.25) is 0 Å². The molecule has 3 nitrogen and oxygen atoms in total. The Morgan fingerprint density at radius 1 is 1.05 bits per heavy atom. The minimum absolute atomic E-state index is 0.180. The first kappa shape index (κ1) is 16.4. The molecular weight excluding hydrogens is 274 g/mol. The Labute approximate surface area is 133 Å². The van der Waals surface area contributed by atoms with Gasteiger partial charge in [0.2, 0.25) is 0 Å². The van der Waals surface area contributed by atoms with Crippen LogP contribution in [0.15, 0.2) is 48.5 Å². The van der Waals surface area contributed by atoms with Crippen LogP contribution >= 0.6 is 0 Å². The summed E-state index contributed by atoms with van der Waals surface area (Å²) in [7, 11) is 5.75. The zero-order valence-electron chi connectivity index (χ0n) is 13.8. The molecule has 0 aromatic heterocycles. The Balaban J connectivity index is 2.23. The lowest BCUT2D eigenvalue weighted by molar-refractivity contribution is 0.270. The molecule has 0 amide bonds. The van der Waals surface area contributed by atoms with E-state index in [2.05, 4.69) is 50.2 Å². The van der Waals surface area contributed by atoms with Crippen LogP contribution in [-0.4, -0.2) is 31.2 Å². The molecule has 2 aromatic rings. The molecule has 22 heavy (non-hydrogen) atoms. The number of hydrogen-bond donors (Lipinski definition) is 1. The number of nitrogens with zero attached hydrogens (tertiary/aromatic N) is 1. The van der Waals surface area contributed by atoms with Crippen molar-refractivity contribution in [3.05, 3.63) is 59.7 Å². The van der Waals surface area contributed by atoms with Gasteiger partial charge in [-0.15, -0.1) is 0 Å². The van der Waals surface area contributed by atoms with Crippen molar-refractivity contribution >= 4 is 0 Å². The first-order valence-corrected chi connectivity index (χ1v) is 7.61. The quantitative estimate of drug-likeness (QED) is 0.868. The van der Waals surface area contributed by atoms with E-state index in [4.69, 9.17) is 4.74 Å². The van der Waals surface area contributed by atoms with Crippen molar-refractivity contribution in [2.24, 2.45) is 0 Å². The summed E-state index contributed by atoms with van der Waals surface area (Å²) in [5.74, 6) is 1.16. The molecule has 0 aliphatic heterocycles. The summed E-state index contributed by atoms with van der Waals surface area (Å²) in [4.78, 5) is 2.21. The normalized spacial score (nSPS) is 13.9. The molecule has 2 aromatic carbocycles. The van der Waals surface area contributed by atoms with Crippen molar-refractivity contribution < 1.29 is 9.84 Å². The van der Waals surface area contributed by atoms with Gasteiger partial charge in [-0.2, -0.15) is 0 Å². The molecule has 0 heterocycles. The monoisotopic (exact) mass is 299 g/mol. The van der Waals surface area contributed by atoms with Crippen molar-refractivity contribution in [3.63, 3.8) is 0 Å². The maximum absolute atomic E-state index is 9.78. The van der Waals surface area contributed by atoms with E-state index in [9.17, 15) is 5.11 Å². The first-order valence-electron chi connectivity index (χ1n) is 7.61. The van der Waals surface area contributed by atoms with Gasteiger partial charge in [0.05, 0.1) is 7.11 Å². The molecule has 2 rings (SSSR count). The largest absolute Gasteiger partial charge is 0.504 e. The summed E-state index contributed by atoms with van der Waals surface area (Å²) < 4.78 is 5.24. The molecule has 0 saturated heterocycles. The fourth-order valence-corrected chi connectivity index (χ4v) is 2.80. The predicted octanol–water partition coefficient (Wildman–Crippen LogP) is 4.20. The molecule has 0 saturated carbocycles. The van der Waals surface area contributed by atoms with Gasteiger partial charge in [-0.1, -0.05) is 43.3 Å². The highest BCUT2D eigenvalue weighted by Gasteiger charge is 2.19. The first-order chi connectivity index (χ1) is 10.5. The maximum Gasteiger partial charge on any atom is 0.160 e. The highest BCUT2D eigenvalue weighted by Crippen LogP contribution is 2.35. The second-order valence-electron chi connectivity index (χ2n) is 5.96. The molecule has 118 valence electrons. The van der Waals surface area contributed by atoms with E-state index in [0.29, 0.717) is 11.7 Å². The smallest absolute Gasteiger partial charge is 0.160 e. The summed E-state index contributed by atoms with van der Waals surface area (Å²) in [5.41, 5.74) is 2.50. The van der Waals surface area contributed by atoms with E-state index >= 15 is 0 Å². The number of benzene rings is 2. The molecule has 0 spiro atoms. The molecule has 0 fully saturated rings. The van der Waals surface area contributed by atoms with Gasteiger partial charge >= 0.3 is 0 Å². The zero-order chi connectivity index (χ0) is 16.1. The Hall–Kier alpha value is -2.00. The molecular formula is C19H25NO2. The van der Waals surface area contributed by atoms with Crippen LogP contribution in [0.25, 0.3) is 0 Å². The Kier molecular flexibility index (Phi) is 5.45. The van der Waals surface area contributed by atoms with Crippen LogP contribution in [0.3, 0.4) is 0 Å². The number of hydrogen-bond acceptors (Lipinski definition) is 3. The third kappa shape index (κ3) is 3.80. The van der Waals surface area contributed by atoms with Crippen molar-refractivity contribution in [2.45, 2.75) is 25.3 Å². The summed E-state index contributed by atoms with van der Waals surface area (Å²) in [6.07, 6.45) is 1.00. The molecule has 0 aliphatic carbocycles. The second kappa shape index (κ2) is 7.32. The molecule has 0 radical (unpaired) electrons. The highest BCUT2D eigenvalue weighted by atomic mass is 16.5. The number of ether oxygens (including phenoxy) is 1. The predicted molar refractivity (Wildman–Crippen MR) is 90.6 cm³/mol. The van der Waals surface area contributed by atoms with Crippen molar-refractivity contribution in [3.8, 4) is 11.5 Å². The maximum atomic E-state index is 9.78. The Bertz CT molecular complexity index is 596. The summed E-state index contributed by atoms with van der Waals surface area (Å²) in [6, 6.07) is 16.4. The minimum Gasteiger partial charge on any atom is -0.504 e. The van der Waals surface area contributed by atoms with Gasteiger partial charge in [-0.3, -0.25) is 0 Å². The standard InChI is InChI=1S/C19H25NO2/c1-14(15-8-6-5-7-9-15)12-17(20(2)3)16-10-11-18(21)19(13-16)22-4/h5-11,13-14,17,21H,12H2,1-4H3. The lowest BCUT2D eigenvalue weighted by atomic mass is 9.90. The van der Waals surface area contributed by atoms with E-state index in [1.165, 1.54) is 5.56 Å². The van der Waals surface area contributed by atoms with E-state index in [-0.39, 0.29) is 11.8 Å². The van der Waals surface area contributed by atoms with Crippen LogP contribution in [0.4, 0.5) is 0 Å². The summed E-state index contributed by atoms with van der Waals surface area (Å²) in [6.45, 7) is 2.25. The number of methoxy groups -OCH3 is 1. The van der Waals surface area contributed by atoms with Crippen LogP contribution in [-0.2, 0) is 0 Å². The summed E-state index contributed by atoms with van der Waals surface area (Å²) >= 11 is 0. The SMILES string of the molecule is COc1cc(C(CC(C)c2ccccc2)N(C)C)ccc1O. The van der Waals surface area contributed by atoms with E-state index in [1.54, 1.807) is 13.2 Å². The average molecular weight is 299 g/mol.